The second-order valence-electron chi connectivity index (χ2n) is 6.23. The Bertz CT molecular complexity index is 461. The molecule has 2 fully saturated rings. The predicted molar refractivity (Wildman–Crippen MR) is 83.9 cm³/mol. The molecule has 0 bridgehead atoms. The van der Waals surface area contributed by atoms with Crippen molar-refractivity contribution in [2.75, 3.05) is 26.7 Å². The van der Waals surface area contributed by atoms with Gasteiger partial charge in [-0.15, -0.1) is 0 Å². The fourth-order valence-corrected chi connectivity index (χ4v) is 4.19. The van der Waals surface area contributed by atoms with Crippen LogP contribution in [0.5, 0.6) is 0 Å². The van der Waals surface area contributed by atoms with Gasteiger partial charge in [-0.05, 0) is 50.6 Å². The van der Waals surface area contributed by atoms with E-state index in [9.17, 15) is 0 Å². The number of nitrogens with two attached hydrogens (primary N) is 1. The molecule has 20 heavy (non-hydrogen) atoms. The van der Waals surface area contributed by atoms with E-state index in [0.717, 1.165) is 18.1 Å². The normalized spacial score (nSPS) is 30.1. The maximum atomic E-state index is 6.21. The van der Waals surface area contributed by atoms with Crippen molar-refractivity contribution in [3.05, 3.63) is 34.9 Å². The van der Waals surface area contributed by atoms with E-state index in [-0.39, 0.29) is 5.54 Å². The molecule has 2 atom stereocenters. The number of nitrogens with zero attached hydrogens (tertiary/aromatic N) is 2. The lowest BCUT2D eigenvalue weighted by Crippen LogP contribution is -2.58. The maximum Gasteiger partial charge on any atom is 0.0499 e. The highest BCUT2D eigenvalue weighted by molar-refractivity contribution is 6.30. The van der Waals surface area contributed by atoms with Crippen LogP contribution in [-0.2, 0) is 6.54 Å². The van der Waals surface area contributed by atoms with Gasteiger partial charge in [-0.3, -0.25) is 9.80 Å². The summed E-state index contributed by atoms with van der Waals surface area (Å²) in [6, 6.07) is 8.81. The molecule has 3 nitrogen and oxygen atoms in total. The minimum atomic E-state index is 0.149. The Morgan fingerprint density at radius 2 is 2.10 bits per heavy atom. The Balaban J connectivity index is 1.77. The van der Waals surface area contributed by atoms with Gasteiger partial charge in [0.05, 0.1) is 0 Å². The fraction of sp³-hybridized carbons (Fsp3) is 0.625. The molecule has 0 aliphatic carbocycles. The van der Waals surface area contributed by atoms with E-state index in [0.29, 0.717) is 6.04 Å². The summed E-state index contributed by atoms with van der Waals surface area (Å²) in [7, 11) is 2.23. The average Bonchev–Trinajstić information content (AvgIpc) is 3.03. The number of fused-ring (bicyclic) bond motifs is 1. The Kier molecular flexibility index (Phi) is 4.04. The largest absolute Gasteiger partial charge is 0.329 e. The molecule has 1 aromatic rings. The smallest absolute Gasteiger partial charge is 0.0499 e. The predicted octanol–water partition coefficient (Wildman–Crippen LogP) is 2.34. The standard InChI is InChI=1S/C16H24ClN3/c1-19(11-13-4-6-14(17)7-5-13)16(12-18)8-10-20-9-2-3-15(16)20/h4-7,15H,2-3,8-12,18H2,1H3. The highest BCUT2D eigenvalue weighted by Gasteiger charge is 2.50. The summed E-state index contributed by atoms with van der Waals surface area (Å²) in [6.45, 7) is 4.14. The van der Waals surface area contributed by atoms with Gasteiger partial charge >= 0.3 is 0 Å². The van der Waals surface area contributed by atoms with Crippen molar-refractivity contribution < 1.29 is 0 Å². The average molecular weight is 294 g/mol. The SMILES string of the molecule is CN(Cc1ccc(Cl)cc1)C1(CN)CCN2CCCC21. The molecule has 0 aromatic heterocycles. The quantitative estimate of drug-likeness (QED) is 0.925. The first-order chi connectivity index (χ1) is 9.65. The lowest BCUT2D eigenvalue weighted by Gasteiger charge is -2.42. The van der Waals surface area contributed by atoms with Gasteiger partial charge in [-0.25, -0.2) is 0 Å². The third kappa shape index (κ3) is 2.37. The zero-order chi connectivity index (χ0) is 14.2. The van der Waals surface area contributed by atoms with Crippen LogP contribution in [0.4, 0.5) is 0 Å². The summed E-state index contributed by atoms with van der Waals surface area (Å²) >= 11 is 5.96. The second-order valence-corrected chi connectivity index (χ2v) is 6.67. The van der Waals surface area contributed by atoms with E-state index >= 15 is 0 Å². The van der Waals surface area contributed by atoms with Crippen LogP contribution in [0.25, 0.3) is 0 Å². The van der Waals surface area contributed by atoms with Crippen molar-refractivity contribution >= 4 is 11.6 Å². The monoisotopic (exact) mass is 293 g/mol. The molecular weight excluding hydrogens is 270 g/mol. The molecule has 2 N–H and O–H groups in total. The summed E-state index contributed by atoms with van der Waals surface area (Å²) in [6.07, 6.45) is 3.81. The van der Waals surface area contributed by atoms with E-state index in [1.807, 2.05) is 12.1 Å². The van der Waals surface area contributed by atoms with Crippen LogP contribution in [0.15, 0.2) is 24.3 Å². The van der Waals surface area contributed by atoms with Crippen LogP contribution in [0.2, 0.25) is 5.02 Å². The van der Waals surface area contributed by atoms with Crippen LogP contribution in [-0.4, -0.2) is 48.1 Å². The third-order valence-electron chi connectivity index (χ3n) is 5.26. The molecule has 110 valence electrons. The first-order valence-corrected chi connectivity index (χ1v) is 7.93. The van der Waals surface area contributed by atoms with Crippen molar-refractivity contribution in [2.24, 2.45) is 5.73 Å². The molecule has 0 spiro atoms. The van der Waals surface area contributed by atoms with Gasteiger partial charge in [0.2, 0.25) is 0 Å². The van der Waals surface area contributed by atoms with Gasteiger partial charge in [0.15, 0.2) is 0 Å². The molecule has 2 heterocycles. The number of hydrogen-bond donors (Lipinski definition) is 1. The number of benzene rings is 1. The summed E-state index contributed by atoms with van der Waals surface area (Å²) in [5.74, 6) is 0. The Morgan fingerprint density at radius 3 is 2.80 bits per heavy atom. The number of hydrogen-bond acceptors (Lipinski definition) is 3. The highest BCUT2D eigenvalue weighted by atomic mass is 35.5. The van der Waals surface area contributed by atoms with Gasteiger partial charge in [0.1, 0.15) is 0 Å². The number of likely N-dealkylation sites (N-methyl/N-ethyl adjacent to an activating group) is 1. The molecule has 0 radical (unpaired) electrons. The van der Waals surface area contributed by atoms with Gasteiger partial charge in [0.25, 0.3) is 0 Å². The molecule has 0 amide bonds. The van der Waals surface area contributed by atoms with Gasteiger partial charge in [-0.1, -0.05) is 23.7 Å². The molecule has 2 aliphatic heterocycles. The molecule has 3 rings (SSSR count). The van der Waals surface area contributed by atoms with E-state index in [4.69, 9.17) is 17.3 Å². The lowest BCUT2D eigenvalue weighted by molar-refractivity contribution is 0.0841. The van der Waals surface area contributed by atoms with E-state index < -0.39 is 0 Å². The van der Waals surface area contributed by atoms with Crippen molar-refractivity contribution in [1.82, 2.24) is 9.80 Å². The lowest BCUT2D eigenvalue weighted by atomic mass is 9.86. The molecule has 2 unspecified atom stereocenters. The first-order valence-electron chi connectivity index (χ1n) is 7.55. The fourth-order valence-electron chi connectivity index (χ4n) is 4.07. The van der Waals surface area contributed by atoms with Crippen LogP contribution >= 0.6 is 11.6 Å². The first kappa shape index (κ1) is 14.3. The molecular formula is C16H24ClN3. The van der Waals surface area contributed by atoms with Gasteiger partial charge < -0.3 is 5.73 Å². The van der Waals surface area contributed by atoms with E-state index in [1.54, 1.807) is 0 Å². The summed E-state index contributed by atoms with van der Waals surface area (Å²) < 4.78 is 0. The van der Waals surface area contributed by atoms with Crippen molar-refractivity contribution in [1.29, 1.82) is 0 Å². The van der Waals surface area contributed by atoms with Crippen LogP contribution in [0.3, 0.4) is 0 Å². The molecule has 4 heteroatoms. The van der Waals surface area contributed by atoms with E-state index in [2.05, 4.69) is 29.0 Å². The van der Waals surface area contributed by atoms with Gasteiger partial charge in [-0.2, -0.15) is 0 Å². The Labute approximate surface area is 126 Å². The zero-order valence-corrected chi connectivity index (χ0v) is 12.9. The second kappa shape index (κ2) is 5.64. The zero-order valence-electron chi connectivity index (χ0n) is 12.2. The van der Waals surface area contributed by atoms with Crippen LogP contribution < -0.4 is 5.73 Å². The van der Waals surface area contributed by atoms with Gasteiger partial charge in [0, 0.05) is 36.2 Å². The number of rotatable bonds is 4. The van der Waals surface area contributed by atoms with Crippen LogP contribution in [0, 0.1) is 0 Å². The third-order valence-corrected chi connectivity index (χ3v) is 5.51. The molecule has 2 saturated heterocycles. The van der Waals surface area contributed by atoms with Crippen LogP contribution in [0.1, 0.15) is 24.8 Å². The summed E-state index contributed by atoms with van der Waals surface area (Å²) in [5, 5.41) is 0.799. The maximum absolute atomic E-state index is 6.21. The number of halogens is 1. The Morgan fingerprint density at radius 1 is 1.35 bits per heavy atom. The molecule has 2 aliphatic rings. The Hall–Kier alpha value is -0.610. The molecule has 0 saturated carbocycles. The van der Waals surface area contributed by atoms with Crippen molar-refractivity contribution in [3.8, 4) is 0 Å². The minimum absolute atomic E-state index is 0.149. The molecule has 1 aromatic carbocycles. The van der Waals surface area contributed by atoms with Crippen molar-refractivity contribution in [3.63, 3.8) is 0 Å². The topological polar surface area (TPSA) is 32.5 Å². The summed E-state index contributed by atoms with van der Waals surface area (Å²) in [4.78, 5) is 5.11. The summed E-state index contributed by atoms with van der Waals surface area (Å²) in [5.41, 5.74) is 7.67. The minimum Gasteiger partial charge on any atom is -0.329 e. The highest BCUT2D eigenvalue weighted by Crippen LogP contribution is 2.39. The van der Waals surface area contributed by atoms with E-state index in [1.165, 1.54) is 37.9 Å². The van der Waals surface area contributed by atoms with Crippen molar-refractivity contribution in [2.45, 2.75) is 37.4 Å².